The van der Waals surface area contributed by atoms with Crippen molar-refractivity contribution in [3.05, 3.63) is 104 Å². The number of hydrogen-bond acceptors (Lipinski definition) is 7. The average Bonchev–Trinajstić information content (AvgIpc) is 2.84. The summed E-state index contributed by atoms with van der Waals surface area (Å²) in [4.78, 5) is 48.6. The third kappa shape index (κ3) is 5.43. The van der Waals surface area contributed by atoms with Crippen molar-refractivity contribution >= 4 is 40.6 Å². The Morgan fingerprint density at radius 1 is 1.06 bits per heavy atom. The second-order valence-corrected chi connectivity index (χ2v) is 7.43. The van der Waals surface area contributed by atoms with Gasteiger partial charge < -0.3 is 10.1 Å². The molecule has 0 radical (unpaired) electrons. The molecule has 170 valence electrons. The van der Waals surface area contributed by atoms with Gasteiger partial charge in [-0.3, -0.25) is 19.7 Å². The summed E-state index contributed by atoms with van der Waals surface area (Å²) in [5.41, 5.74) is 0.187. The predicted octanol–water partition coefficient (Wildman–Crippen LogP) is 4.53. The predicted molar refractivity (Wildman–Crippen MR) is 123 cm³/mol. The number of rotatable bonds is 7. The Kier molecular flexibility index (Phi) is 7.36. The molecule has 0 saturated carbocycles. The van der Waals surface area contributed by atoms with Crippen molar-refractivity contribution in [3.63, 3.8) is 0 Å². The first-order valence-electron chi connectivity index (χ1n) is 9.81. The molecule has 3 aromatic rings. The Morgan fingerprint density at radius 3 is 2.32 bits per heavy atom. The average molecular weight is 478 g/mol. The Labute approximate surface area is 198 Å². The highest BCUT2D eigenvalue weighted by Gasteiger charge is 2.25. The van der Waals surface area contributed by atoms with Crippen molar-refractivity contribution in [2.75, 3.05) is 5.32 Å². The van der Waals surface area contributed by atoms with Crippen molar-refractivity contribution in [1.82, 2.24) is 0 Å². The molecule has 3 rings (SSSR count). The fourth-order valence-electron chi connectivity index (χ4n) is 2.96. The molecule has 0 spiro atoms. The maximum atomic E-state index is 13.0. The maximum Gasteiger partial charge on any atom is 0.339 e. The molecule has 0 aliphatic carbocycles. The third-order valence-corrected chi connectivity index (χ3v) is 5.05. The number of hydrogen-bond donors (Lipinski definition) is 1. The molecule has 0 aliphatic rings. The lowest BCUT2D eigenvalue weighted by atomic mass is 9.98. The summed E-state index contributed by atoms with van der Waals surface area (Å²) in [5, 5.41) is 22.4. The van der Waals surface area contributed by atoms with E-state index >= 15 is 0 Å². The second-order valence-electron chi connectivity index (χ2n) is 7.02. The number of benzene rings is 3. The molecule has 34 heavy (non-hydrogen) atoms. The van der Waals surface area contributed by atoms with Gasteiger partial charge in [-0.2, -0.15) is 5.26 Å². The van der Waals surface area contributed by atoms with Crippen LogP contribution in [0.2, 0.25) is 5.02 Å². The first-order valence-corrected chi connectivity index (χ1v) is 10.2. The Bertz CT molecular complexity index is 1330. The van der Waals surface area contributed by atoms with Crippen LogP contribution in [0.4, 0.5) is 11.4 Å². The van der Waals surface area contributed by atoms with Crippen LogP contribution in [0.25, 0.3) is 0 Å². The number of nitrogens with one attached hydrogen (secondary N) is 1. The number of nitro groups is 1. The normalized spacial score (nSPS) is 11.1. The van der Waals surface area contributed by atoms with Crippen LogP contribution < -0.4 is 5.32 Å². The lowest BCUT2D eigenvalue weighted by Crippen LogP contribution is -2.30. The van der Waals surface area contributed by atoms with E-state index in [2.05, 4.69) is 5.32 Å². The minimum absolute atomic E-state index is 0.0389. The fourth-order valence-corrected chi connectivity index (χ4v) is 3.14. The van der Waals surface area contributed by atoms with Gasteiger partial charge in [-0.05, 0) is 49.4 Å². The number of carbonyl (C=O) groups excluding carboxylic acids is 3. The van der Waals surface area contributed by atoms with Crippen molar-refractivity contribution in [1.29, 1.82) is 5.26 Å². The van der Waals surface area contributed by atoms with Crippen LogP contribution in [0.1, 0.15) is 38.8 Å². The van der Waals surface area contributed by atoms with Gasteiger partial charge in [0.05, 0.1) is 22.1 Å². The summed E-state index contributed by atoms with van der Waals surface area (Å²) in [5.74, 6) is -2.19. The van der Waals surface area contributed by atoms with Gasteiger partial charge in [0.1, 0.15) is 5.02 Å². The van der Waals surface area contributed by atoms with E-state index in [1.54, 1.807) is 0 Å². The summed E-state index contributed by atoms with van der Waals surface area (Å²) < 4.78 is 5.24. The van der Waals surface area contributed by atoms with E-state index in [-0.39, 0.29) is 21.7 Å². The summed E-state index contributed by atoms with van der Waals surface area (Å²) in [7, 11) is 0. The van der Waals surface area contributed by atoms with Gasteiger partial charge in [0, 0.05) is 22.9 Å². The van der Waals surface area contributed by atoms with Crippen molar-refractivity contribution in [2.24, 2.45) is 0 Å². The standard InChI is InChI=1S/C24H16ClN3O6/c1-14(23(30)27-17-9-6-15(13-26)7-10-17)34-24(31)19-5-3-2-4-18(19)22(29)16-8-11-20(25)21(12-16)28(32)33/h2-12,14H,1H3,(H,27,30). The molecule has 1 N–H and O–H groups in total. The number of nitrogens with zero attached hydrogens (tertiary/aromatic N) is 2. The summed E-state index contributed by atoms with van der Waals surface area (Å²) in [6.07, 6.45) is -1.21. The van der Waals surface area contributed by atoms with Gasteiger partial charge in [-0.25, -0.2) is 4.79 Å². The largest absolute Gasteiger partial charge is 0.449 e. The molecule has 0 bridgehead atoms. The van der Waals surface area contributed by atoms with Crippen LogP contribution in [0.5, 0.6) is 0 Å². The SMILES string of the molecule is CC(OC(=O)c1ccccc1C(=O)c1ccc(Cl)c([N+](=O)[O-])c1)C(=O)Nc1ccc(C#N)cc1. The van der Waals surface area contributed by atoms with E-state index in [0.717, 1.165) is 6.07 Å². The van der Waals surface area contributed by atoms with Crippen molar-refractivity contribution in [3.8, 4) is 6.07 Å². The zero-order valence-electron chi connectivity index (χ0n) is 17.7. The number of amides is 1. The van der Waals surface area contributed by atoms with Crippen molar-refractivity contribution in [2.45, 2.75) is 13.0 Å². The molecule has 9 nitrogen and oxygen atoms in total. The zero-order valence-corrected chi connectivity index (χ0v) is 18.4. The maximum absolute atomic E-state index is 13.0. The van der Waals surface area contributed by atoms with E-state index < -0.39 is 34.4 Å². The fraction of sp³-hybridized carbons (Fsp3) is 0.0833. The number of ketones is 1. The molecule has 1 amide bonds. The molecular weight excluding hydrogens is 462 g/mol. The molecule has 0 aliphatic heterocycles. The number of nitro benzene ring substituents is 1. The summed E-state index contributed by atoms with van der Waals surface area (Å²) in [6, 6.07) is 17.4. The topological polar surface area (TPSA) is 139 Å². The van der Waals surface area contributed by atoms with Crippen LogP contribution in [-0.2, 0) is 9.53 Å². The van der Waals surface area contributed by atoms with E-state index in [9.17, 15) is 24.5 Å². The first kappa shape index (κ1) is 24.1. The number of carbonyl (C=O) groups is 3. The molecule has 1 atom stereocenters. The Morgan fingerprint density at radius 2 is 1.71 bits per heavy atom. The first-order chi connectivity index (χ1) is 16.2. The van der Waals surface area contributed by atoms with Crippen molar-refractivity contribution < 1.29 is 24.0 Å². The summed E-state index contributed by atoms with van der Waals surface area (Å²) >= 11 is 5.80. The van der Waals surface area contributed by atoms with Crippen LogP contribution in [0, 0.1) is 21.4 Å². The van der Waals surface area contributed by atoms with Crippen LogP contribution >= 0.6 is 11.6 Å². The van der Waals surface area contributed by atoms with Crippen LogP contribution in [0.15, 0.2) is 66.7 Å². The van der Waals surface area contributed by atoms with Gasteiger partial charge in [0.2, 0.25) is 0 Å². The van der Waals surface area contributed by atoms with Gasteiger partial charge in [0.25, 0.3) is 11.6 Å². The van der Waals surface area contributed by atoms with Crippen LogP contribution in [0.3, 0.4) is 0 Å². The van der Waals surface area contributed by atoms with E-state index in [0.29, 0.717) is 11.3 Å². The quantitative estimate of drug-likeness (QED) is 0.228. The molecule has 0 saturated heterocycles. The Balaban J connectivity index is 1.78. The highest BCUT2D eigenvalue weighted by Crippen LogP contribution is 2.27. The highest BCUT2D eigenvalue weighted by molar-refractivity contribution is 6.33. The minimum Gasteiger partial charge on any atom is -0.449 e. The lowest BCUT2D eigenvalue weighted by molar-refractivity contribution is -0.384. The molecule has 1 unspecified atom stereocenters. The smallest absolute Gasteiger partial charge is 0.339 e. The Hall–Kier alpha value is -4.55. The summed E-state index contributed by atoms with van der Waals surface area (Å²) in [6.45, 7) is 1.36. The number of halogens is 1. The highest BCUT2D eigenvalue weighted by atomic mass is 35.5. The van der Waals surface area contributed by atoms with Gasteiger partial charge in [-0.1, -0.05) is 29.8 Å². The molecule has 0 heterocycles. The monoisotopic (exact) mass is 477 g/mol. The van der Waals surface area contributed by atoms with E-state index in [1.165, 1.54) is 67.6 Å². The molecule has 0 fully saturated rings. The van der Waals surface area contributed by atoms with Crippen LogP contribution in [-0.4, -0.2) is 28.7 Å². The molecule has 3 aromatic carbocycles. The number of esters is 1. The van der Waals surface area contributed by atoms with E-state index in [4.69, 9.17) is 21.6 Å². The second kappa shape index (κ2) is 10.4. The van der Waals surface area contributed by atoms with Gasteiger partial charge in [0.15, 0.2) is 11.9 Å². The number of anilines is 1. The number of ether oxygens (including phenoxy) is 1. The lowest BCUT2D eigenvalue weighted by Gasteiger charge is -2.15. The zero-order chi connectivity index (χ0) is 24.8. The molecular formula is C24H16ClN3O6. The van der Waals surface area contributed by atoms with E-state index in [1.807, 2.05) is 6.07 Å². The minimum atomic E-state index is -1.21. The molecule has 0 aromatic heterocycles. The third-order valence-electron chi connectivity index (χ3n) is 4.73. The van der Waals surface area contributed by atoms with Gasteiger partial charge >= 0.3 is 5.97 Å². The van der Waals surface area contributed by atoms with Gasteiger partial charge in [-0.15, -0.1) is 0 Å². The molecule has 10 heteroatoms. The number of nitriles is 1.